The predicted octanol–water partition coefficient (Wildman–Crippen LogP) is 0.185. The van der Waals surface area contributed by atoms with Crippen LogP contribution in [-0.4, -0.2) is 60.0 Å². The van der Waals surface area contributed by atoms with E-state index in [9.17, 15) is 4.79 Å². The summed E-state index contributed by atoms with van der Waals surface area (Å²) in [5.74, 6) is 0.621. The molecule has 0 saturated carbocycles. The second kappa shape index (κ2) is 6.79. The fourth-order valence-electron chi connectivity index (χ4n) is 3.08. The normalized spacial score (nSPS) is 28.0. The van der Waals surface area contributed by atoms with Crippen LogP contribution in [0, 0.1) is 0 Å². The molecule has 4 rings (SSSR count). The molecule has 1 amide bonds. The number of rotatable bonds is 6. The monoisotopic (exact) mass is 346 g/mol. The van der Waals surface area contributed by atoms with Gasteiger partial charge in [-0.15, -0.1) is 0 Å². The lowest BCUT2D eigenvalue weighted by Crippen LogP contribution is -2.37. The molecule has 4 heterocycles. The Morgan fingerprint density at radius 3 is 3.00 bits per heavy atom. The number of nitrogens with one attached hydrogen (secondary N) is 1. The quantitative estimate of drug-likeness (QED) is 0.760. The van der Waals surface area contributed by atoms with E-state index in [1.54, 1.807) is 24.6 Å². The van der Waals surface area contributed by atoms with Crippen molar-refractivity contribution in [3.63, 3.8) is 0 Å². The van der Waals surface area contributed by atoms with Crippen molar-refractivity contribution >= 4 is 11.9 Å². The molecule has 0 spiro atoms. The van der Waals surface area contributed by atoms with Crippen LogP contribution in [-0.2, 0) is 19.0 Å². The number of ether oxygens (including phenoxy) is 3. The summed E-state index contributed by atoms with van der Waals surface area (Å²) in [7, 11) is 0. The van der Waals surface area contributed by atoms with E-state index in [4.69, 9.17) is 24.4 Å². The highest BCUT2D eigenvalue weighted by Crippen LogP contribution is 2.30. The highest BCUT2D eigenvalue weighted by atomic mass is 16.6. The largest absolute Gasteiger partial charge is 0.463 e. The fraction of sp³-hybridized carbons (Fsp3) is 0.438. The maximum absolute atomic E-state index is 10.9. The van der Waals surface area contributed by atoms with Gasteiger partial charge in [-0.1, -0.05) is 0 Å². The second-order valence-corrected chi connectivity index (χ2v) is 5.91. The van der Waals surface area contributed by atoms with Crippen molar-refractivity contribution in [1.29, 1.82) is 0 Å². The molecule has 2 aliphatic rings. The minimum absolute atomic E-state index is 0.112. The summed E-state index contributed by atoms with van der Waals surface area (Å²) in [4.78, 5) is 19.6. The molecule has 0 unspecified atom stereocenters. The number of aromatic nitrogens is 2. The van der Waals surface area contributed by atoms with Crippen molar-refractivity contribution < 1.29 is 23.4 Å². The van der Waals surface area contributed by atoms with Crippen molar-refractivity contribution in [1.82, 2.24) is 9.97 Å². The average Bonchev–Trinajstić information content (AvgIpc) is 3.33. The molecular formula is C16H18N4O5. The Labute approximate surface area is 143 Å². The summed E-state index contributed by atoms with van der Waals surface area (Å²) in [5.41, 5.74) is 5.80. The summed E-state index contributed by atoms with van der Waals surface area (Å²) >= 11 is 0. The molecule has 9 nitrogen and oxygen atoms in total. The van der Waals surface area contributed by atoms with Gasteiger partial charge in [-0.25, -0.2) is 9.97 Å². The number of hydrogen-bond donors (Lipinski definition) is 2. The molecule has 2 aromatic rings. The van der Waals surface area contributed by atoms with E-state index in [0.29, 0.717) is 30.6 Å². The third kappa shape index (κ3) is 3.34. The highest BCUT2D eigenvalue weighted by molar-refractivity contribution is 5.75. The Bertz CT molecular complexity index is 738. The van der Waals surface area contributed by atoms with Gasteiger partial charge in [0.15, 0.2) is 5.76 Å². The molecule has 2 aromatic heterocycles. The minimum Gasteiger partial charge on any atom is -0.463 e. The van der Waals surface area contributed by atoms with Crippen LogP contribution in [0.25, 0.3) is 11.5 Å². The first-order chi connectivity index (χ1) is 12.2. The third-order valence-electron chi connectivity index (χ3n) is 4.19. The zero-order chi connectivity index (χ0) is 17.2. The van der Waals surface area contributed by atoms with Crippen molar-refractivity contribution in [2.75, 3.05) is 25.1 Å². The molecule has 0 aliphatic carbocycles. The second-order valence-electron chi connectivity index (χ2n) is 5.91. The van der Waals surface area contributed by atoms with E-state index in [2.05, 4.69) is 15.3 Å². The van der Waals surface area contributed by atoms with E-state index in [1.807, 2.05) is 6.07 Å². The Morgan fingerprint density at radius 2 is 2.20 bits per heavy atom. The van der Waals surface area contributed by atoms with Gasteiger partial charge in [0, 0.05) is 6.20 Å². The molecule has 2 fully saturated rings. The molecule has 9 heteroatoms. The van der Waals surface area contributed by atoms with E-state index >= 15 is 0 Å². The van der Waals surface area contributed by atoms with Crippen molar-refractivity contribution in [2.24, 2.45) is 5.73 Å². The van der Waals surface area contributed by atoms with E-state index in [-0.39, 0.29) is 31.0 Å². The Hall–Kier alpha value is -2.49. The third-order valence-corrected chi connectivity index (χ3v) is 4.19. The lowest BCUT2D eigenvalue weighted by molar-refractivity contribution is -0.126. The van der Waals surface area contributed by atoms with Crippen LogP contribution >= 0.6 is 0 Å². The van der Waals surface area contributed by atoms with E-state index in [1.165, 1.54) is 0 Å². The van der Waals surface area contributed by atoms with Crippen LogP contribution in [0.5, 0.6) is 0 Å². The van der Waals surface area contributed by atoms with Gasteiger partial charge in [-0.3, -0.25) is 4.79 Å². The molecule has 0 bridgehead atoms. The molecule has 4 atom stereocenters. The van der Waals surface area contributed by atoms with Crippen molar-refractivity contribution in [2.45, 2.75) is 24.4 Å². The number of fused-ring (bicyclic) bond motifs is 1. The first-order valence-corrected chi connectivity index (χ1v) is 7.97. The molecule has 2 saturated heterocycles. The highest BCUT2D eigenvalue weighted by Gasteiger charge is 2.48. The molecule has 3 N–H and O–H groups in total. The van der Waals surface area contributed by atoms with Crippen LogP contribution in [0.2, 0.25) is 0 Å². The van der Waals surface area contributed by atoms with Crippen LogP contribution in [0.4, 0.5) is 5.95 Å². The Kier molecular flexibility index (Phi) is 4.35. The molecule has 0 aromatic carbocycles. The first kappa shape index (κ1) is 16.0. The van der Waals surface area contributed by atoms with Crippen LogP contribution < -0.4 is 11.1 Å². The van der Waals surface area contributed by atoms with Gasteiger partial charge in [0.2, 0.25) is 11.9 Å². The number of carbonyl (C=O) groups excluding carboxylic acids is 1. The summed E-state index contributed by atoms with van der Waals surface area (Å²) < 4.78 is 22.3. The van der Waals surface area contributed by atoms with Gasteiger partial charge in [-0.2, -0.15) is 0 Å². The lowest BCUT2D eigenvalue weighted by atomic mass is 10.1. The predicted molar refractivity (Wildman–Crippen MR) is 85.6 cm³/mol. The number of anilines is 1. The number of nitrogens with zero attached hydrogens (tertiary/aromatic N) is 2. The topological polar surface area (TPSA) is 122 Å². The fourth-order valence-corrected chi connectivity index (χ4v) is 3.08. The molecule has 25 heavy (non-hydrogen) atoms. The first-order valence-electron chi connectivity index (χ1n) is 7.97. The number of hydrogen-bond acceptors (Lipinski definition) is 8. The number of primary amides is 1. The van der Waals surface area contributed by atoms with Gasteiger partial charge in [0.25, 0.3) is 0 Å². The molecule has 132 valence electrons. The average molecular weight is 346 g/mol. The Balaban J connectivity index is 1.41. The number of amides is 1. The summed E-state index contributed by atoms with van der Waals surface area (Å²) in [6.45, 7) is 0.640. The van der Waals surface area contributed by atoms with Gasteiger partial charge in [0.05, 0.1) is 25.5 Å². The van der Waals surface area contributed by atoms with E-state index in [0.717, 1.165) is 0 Å². The van der Waals surface area contributed by atoms with Gasteiger partial charge in [-0.05, 0) is 18.2 Å². The number of nitrogens with two attached hydrogens (primary N) is 1. The zero-order valence-corrected chi connectivity index (χ0v) is 13.3. The van der Waals surface area contributed by atoms with Crippen LogP contribution in [0.15, 0.2) is 35.1 Å². The molecule has 2 aliphatic heterocycles. The lowest BCUT2D eigenvalue weighted by Gasteiger charge is -2.17. The van der Waals surface area contributed by atoms with Crippen molar-refractivity contribution in [3.05, 3.63) is 30.7 Å². The SMILES string of the molecule is NC(=O)CO[C@@H]1CO[C@H]2[C@@H]1OC[C@@H]2Nc1nccc(-c2ccco2)n1. The standard InChI is InChI=1S/C16H18N4O5/c17-13(21)8-23-12-7-25-14-10(6-24-15(12)14)20-16-18-4-3-9(19-16)11-2-1-5-22-11/h1-5,10,12,14-15H,6-8H2,(H2,17,21)(H,18,19,20)/t10-,12+,14+,15+/m0/s1. The Morgan fingerprint density at radius 1 is 1.32 bits per heavy atom. The molecule has 0 radical (unpaired) electrons. The minimum atomic E-state index is -0.515. The summed E-state index contributed by atoms with van der Waals surface area (Å²) in [6, 6.07) is 5.30. The van der Waals surface area contributed by atoms with Crippen LogP contribution in [0.3, 0.4) is 0 Å². The van der Waals surface area contributed by atoms with E-state index < -0.39 is 5.91 Å². The summed E-state index contributed by atoms with van der Waals surface area (Å²) in [5, 5.41) is 3.24. The van der Waals surface area contributed by atoms with Gasteiger partial charge >= 0.3 is 0 Å². The summed E-state index contributed by atoms with van der Waals surface area (Å²) in [6.07, 6.45) is 2.51. The maximum atomic E-state index is 10.9. The molecular weight excluding hydrogens is 328 g/mol. The number of furan rings is 1. The van der Waals surface area contributed by atoms with Crippen LogP contribution in [0.1, 0.15) is 0 Å². The maximum Gasteiger partial charge on any atom is 0.243 e. The number of carbonyl (C=O) groups is 1. The van der Waals surface area contributed by atoms with Crippen molar-refractivity contribution in [3.8, 4) is 11.5 Å². The smallest absolute Gasteiger partial charge is 0.243 e. The van der Waals surface area contributed by atoms with Gasteiger partial charge in [0.1, 0.15) is 30.6 Å². The zero-order valence-electron chi connectivity index (χ0n) is 13.3. The van der Waals surface area contributed by atoms with Gasteiger partial charge < -0.3 is 29.7 Å².